The first-order valence-electron chi connectivity index (χ1n) is 8.60. The van der Waals surface area contributed by atoms with Crippen LogP contribution in [0, 0.1) is 0 Å². The average molecular weight is 456 g/mol. The number of imidazole rings is 1. The summed E-state index contributed by atoms with van der Waals surface area (Å²) >= 11 is 0. The van der Waals surface area contributed by atoms with E-state index >= 15 is 0 Å². The van der Waals surface area contributed by atoms with Gasteiger partial charge in [0.15, 0.2) is 6.10 Å². The van der Waals surface area contributed by atoms with Gasteiger partial charge >= 0.3 is 5.97 Å². The summed E-state index contributed by atoms with van der Waals surface area (Å²) in [5, 5.41) is 0. The van der Waals surface area contributed by atoms with Crippen molar-refractivity contribution in [3.05, 3.63) is 54.6 Å². The molecule has 6 heteroatoms. The Hall–Kier alpha value is -1.41. The fourth-order valence-corrected chi connectivity index (χ4v) is 3.08. The van der Waals surface area contributed by atoms with Gasteiger partial charge in [-0.3, -0.25) is 0 Å². The summed E-state index contributed by atoms with van der Waals surface area (Å²) in [4.78, 5) is 12.6. The monoisotopic (exact) mass is 456 g/mol. The molecule has 1 unspecified atom stereocenters. The largest absolute Gasteiger partial charge is 1.00 e. The number of carbonyl (C=O) groups excluding carboxylic acids is 1. The zero-order valence-corrected chi connectivity index (χ0v) is 16.7. The van der Waals surface area contributed by atoms with Gasteiger partial charge in [0.2, 0.25) is 6.33 Å². The molecule has 25 heavy (non-hydrogen) atoms. The van der Waals surface area contributed by atoms with Crippen LogP contribution < -0.4 is 28.5 Å². The summed E-state index contributed by atoms with van der Waals surface area (Å²) in [7, 11) is 1.96. The molecule has 0 saturated heterocycles. The molecule has 0 N–H and O–H groups in total. The van der Waals surface area contributed by atoms with E-state index in [2.05, 4.69) is 0 Å². The second-order valence-corrected chi connectivity index (χ2v) is 6.32. The molecule has 0 radical (unpaired) electrons. The van der Waals surface area contributed by atoms with E-state index in [0.29, 0.717) is 13.2 Å². The highest BCUT2D eigenvalue weighted by Gasteiger charge is 2.28. The van der Waals surface area contributed by atoms with Crippen molar-refractivity contribution in [1.29, 1.82) is 0 Å². The van der Waals surface area contributed by atoms with Gasteiger partial charge in [-0.15, -0.1) is 0 Å². The fraction of sp³-hybridized carbons (Fsp3) is 0.474. The quantitative estimate of drug-likeness (QED) is 0.323. The summed E-state index contributed by atoms with van der Waals surface area (Å²) in [6.45, 7) is 0.975. The molecular weight excluding hydrogens is 431 g/mol. The third-order valence-electron chi connectivity index (χ3n) is 4.36. The van der Waals surface area contributed by atoms with Crippen LogP contribution in [0.15, 0.2) is 49.1 Å². The second kappa shape index (κ2) is 9.91. The van der Waals surface area contributed by atoms with E-state index in [1.807, 2.05) is 65.2 Å². The van der Waals surface area contributed by atoms with Crippen molar-refractivity contribution in [2.45, 2.75) is 44.4 Å². The van der Waals surface area contributed by atoms with E-state index in [-0.39, 0.29) is 36.0 Å². The molecule has 5 nitrogen and oxygen atoms in total. The minimum Gasteiger partial charge on any atom is -1.00 e. The van der Waals surface area contributed by atoms with Crippen LogP contribution in [0.2, 0.25) is 0 Å². The molecule has 1 atom stereocenters. The Morgan fingerprint density at radius 1 is 1.28 bits per heavy atom. The molecule has 1 saturated carbocycles. The van der Waals surface area contributed by atoms with Crippen LogP contribution in [0.25, 0.3) is 0 Å². The Balaban J connectivity index is 0.00000225. The smallest absolute Gasteiger partial charge is 0.340 e. The van der Waals surface area contributed by atoms with Crippen LogP contribution in [0.5, 0.6) is 0 Å². The van der Waals surface area contributed by atoms with E-state index in [4.69, 9.17) is 9.47 Å². The van der Waals surface area contributed by atoms with E-state index < -0.39 is 6.10 Å². The number of carbonyl (C=O) groups is 1. The number of hydrogen-bond donors (Lipinski definition) is 0. The molecule has 1 heterocycles. The molecular formula is C19H25IN2O3. The lowest BCUT2D eigenvalue weighted by Crippen LogP contribution is -3.00. The number of halogens is 1. The van der Waals surface area contributed by atoms with Crippen LogP contribution in [-0.4, -0.2) is 23.2 Å². The first kappa shape index (κ1) is 19.9. The predicted octanol–water partition coefficient (Wildman–Crippen LogP) is -0.440. The van der Waals surface area contributed by atoms with Gasteiger partial charge in [0.1, 0.15) is 25.5 Å². The van der Waals surface area contributed by atoms with Crippen LogP contribution in [0.3, 0.4) is 0 Å². The number of benzene rings is 1. The fourth-order valence-electron chi connectivity index (χ4n) is 3.08. The molecule has 0 spiro atoms. The van der Waals surface area contributed by atoms with Gasteiger partial charge in [-0.25, -0.2) is 13.9 Å². The van der Waals surface area contributed by atoms with Crippen LogP contribution in [0.1, 0.15) is 37.4 Å². The minimum absolute atomic E-state index is 0. The summed E-state index contributed by atoms with van der Waals surface area (Å²) in [5.41, 5.74) is 0.863. The number of aromatic nitrogens is 2. The molecule has 1 aromatic heterocycles. The summed E-state index contributed by atoms with van der Waals surface area (Å²) < 4.78 is 15.5. The lowest BCUT2D eigenvalue weighted by atomic mass is 10.1. The van der Waals surface area contributed by atoms with Gasteiger partial charge in [-0.2, -0.15) is 0 Å². The Labute approximate surface area is 166 Å². The highest BCUT2D eigenvalue weighted by atomic mass is 127. The van der Waals surface area contributed by atoms with Crippen molar-refractivity contribution in [2.24, 2.45) is 7.05 Å². The standard InChI is InChI=1S/C19H25N2O3.HI/c1-20-11-12-21(15-20)13-14-23-19(22)18(16-7-3-2-4-8-16)24-17-9-5-6-10-17;/h2-4,7-8,11-12,15,17-18H,5-6,9-10,13-14H2,1H3;1H/q+1;/p-1. The summed E-state index contributed by atoms with van der Waals surface area (Å²) in [5.74, 6) is -0.301. The predicted molar refractivity (Wildman–Crippen MR) is 89.1 cm³/mol. The molecule has 1 aromatic carbocycles. The Bertz CT molecular complexity index is 654. The maximum absolute atomic E-state index is 12.6. The Morgan fingerprint density at radius 3 is 2.64 bits per heavy atom. The van der Waals surface area contributed by atoms with Crippen molar-refractivity contribution >= 4 is 5.97 Å². The maximum Gasteiger partial charge on any atom is 0.340 e. The van der Waals surface area contributed by atoms with E-state index in [9.17, 15) is 4.79 Å². The molecule has 1 fully saturated rings. The van der Waals surface area contributed by atoms with E-state index in [1.54, 1.807) is 0 Å². The second-order valence-electron chi connectivity index (χ2n) is 6.32. The van der Waals surface area contributed by atoms with Crippen molar-refractivity contribution in [1.82, 2.24) is 4.57 Å². The molecule has 0 aliphatic heterocycles. The minimum atomic E-state index is -0.630. The Morgan fingerprint density at radius 2 is 2.00 bits per heavy atom. The number of aryl methyl sites for hydroxylation is 1. The molecule has 1 aliphatic rings. The third-order valence-corrected chi connectivity index (χ3v) is 4.36. The number of hydrogen-bond acceptors (Lipinski definition) is 3. The molecule has 2 aromatic rings. The highest BCUT2D eigenvalue weighted by Crippen LogP contribution is 2.28. The van der Waals surface area contributed by atoms with Crippen LogP contribution >= 0.6 is 0 Å². The number of ether oxygens (including phenoxy) is 2. The van der Waals surface area contributed by atoms with Gasteiger partial charge in [0.05, 0.1) is 13.2 Å². The normalized spacial score (nSPS) is 15.6. The van der Waals surface area contributed by atoms with Gasteiger partial charge in [-0.1, -0.05) is 43.2 Å². The first-order chi connectivity index (χ1) is 11.7. The van der Waals surface area contributed by atoms with Crippen LogP contribution in [0.4, 0.5) is 0 Å². The van der Waals surface area contributed by atoms with Crippen molar-refractivity contribution in [3.8, 4) is 0 Å². The summed E-state index contributed by atoms with van der Waals surface area (Å²) in [6, 6.07) is 9.63. The van der Waals surface area contributed by atoms with E-state index in [0.717, 1.165) is 18.4 Å². The summed E-state index contributed by atoms with van der Waals surface area (Å²) in [6.07, 6.45) is 9.79. The number of esters is 1. The first-order valence-corrected chi connectivity index (χ1v) is 8.60. The number of nitrogens with zero attached hydrogens (tertiary/aromatic N) is 2. The van der Waals surface area contributed by atoms with Gasteiger partial charge in [0.25, 0.3) is 0 Å². The van der Waals surface area contributed by atoms with Gasteiger partial charge in [-0.05, 0) is 18.4 Å². The molecule has 0 amide bonds. The Kier molecular flexibility index (Phi) is 7.90. The molecule has 1 aliphatic carbocycles. The molecule has 0 bridgehead atoms. The molecule has 136 valence electrons. The lowest BCUT2D eigenvalue weighted by molar-refractivity contribution is -0.671. The van der Waals surface area contributed by atoms with Gasteiger partial charge < -0.3 is 33.5 Å². The topological polar surface area (TPSA) is 44.3 Å². The van der Waals surface area contributed by atoms with Crippen molar-refractivity contribution in [2.75, 3.05) is 6.61 Å². The van der Waals surface area contributed by atoms with Gasteiger partial charge in [0, 0.05) is 0 Å². The maximum atomic E-state index is 12.6. The zero-order chi connectivity index (χ0) is 16.8. The zero-order valence-electron chi connectivity index (χ0n) is 14.5. The highest BCUT2D eigenvalue weighted by molar-refractivity contribution is 5.76. The van der Waals surface area contributed by atoms with Crippen molar-refractivity contribution < 1.29 is 42.8 Å². The average Bonchev–Trinajstić information content (AvgIpc) is 3.25. The lowest BCUT2D eigenvalue weighted by Gasteiger charge is -2.21. The molecule has 3 rings (SSSR count). The third kappa shape index (κ3) is 5.81. The van der Waals surface area contributed by atoms with E-state index in [1.165, 1.54) is 12.8 Å². The van der Waals surface area contributed by atoms with Crippen LogP contribution in [-0.2, 0) is 27.9 Å². The number of rotatable bonds is 7. The SMILES string of the molecule is C[n+]1ccn(CCOC(=O)C(OC2CCCC2)c2ccccc2)c1.[I-]. The van der Waals surface area contributed by atoms with Crippen molar-refractivity contribution in [3.63, 3.8) is 0 Å².